The predicted octanol–water partition coefficient (Wildman–Crippen LogP) is 5.40. The molecule has 0 unspecified atom stereocenters. The molecule has 0 aliphatic carbocycles. The summed E-state index contributed by atoms with van der Waals surface area (Å²) in [5.41, 5.74) is 8.06. The lowest BCUT2D eigenvalue weighted by molar-refractivity contribution is -0.274. The first-order valence-electron chi connectivity index (χ1n) is 7.74. The molecule has 3 nitrogen and oxygen atoms in total. The van der Waals surface area contributed by atoms with Gasteiger partial charge in [0.1, 0.15) is 11.5 Å². The van der Waals surface area contributed by atoms with E-state index in [4.69, 9.17) is 10.5 Å². The van der Waals surface area contributed by atoms with Crippen LogP contribution in [-0.4, -0.2) is 12.5 Å². The van der Waals surface area contributed by atoms with Gasteiger partial charge in [0.15, 0.2) is 0 Å². The number of alkyl halides is 3. The number of halogens is 3. The Morgan fingerprint density at radius 1 is 0.958 bits per heavy atom. The summed E-state index contributed by atoms with van der Waals surface area (Å²) in [6, 6.07) is 11.0. The Morgan fingerprint density at radius 3 is 2.04 bits per heavy atom. The number of benzene rings is 2. The summed E-state index contributed by atoms with van der Waals surface area (Å²) in [7, 11) is 0. The van der Waals surface area contributed by atoms with Crippen molar-refractivity contribution >= 4 is 5.69 Å². The minimum Gasteiger partial charge on any atom is -0.488 e. The second-order valence-corrected chi connectivity index (χ2v) is 5.38. The summed E-state index contributed by atoms with van der Waals surface area (Å²) in [6.45, 7) is 4.09. The largest absolute Gasteiger partial charge is 0.573 e. The van der Waals surface area contributed by atoms with Crippen molar-refractivity contribution in [3.8, 4) is 22.6 Å². The molecule has 2 aromatic carbocycles. The first-order chi connectivity index (χ1) is 11.3. The van der Waals surface area contributed by atoms with Crippen molar-refractivity contribution in [2.75, 3.05) is 5.73 Å². The maximum Gasteiger partial charge on any atom is 0.573 e. The van der Waals surface area contributed by atoms with Crippen LogP contribution in [0.4, 0.5) is 18.9 Å². The third-order valence-electron chi connectivity index (χ3n) is 3.64. The molecule has 2 rings (SSSR count). The van der Waals surface area contributed by atoms with Crippen LogP contribution in [0, 0.1) is 0 Å². The zero-order chi connectivity index (χ0) is 17.7. The lowest BCUT2D eigenvalue weighted by atomic mass is 10.0. The van der Waals surface area contributed by atoms with E-state index in [1.54, 1.807) is 24.3 Å². The molecule has 130 valence electrons. The predicted molar refractivity (Wildman–Crippen MR) is 88.0 cm³/mol. The van der Waals surface area contributed by atoms with Crippen molar-refractivity contribution in [1.29, 1.82) is 0 Å². The molecule has 0 saturated heterocycles. The lowest BCUT2D eigenvalue weighted by Crippen LogP contribution is -2.16. The molecule has 0 fully saturated rings. The number of nitrogen functional groups attached to an aromatic ring is 1. The van der Waals surface area contributed by atoms with E-state index in [0.717, 1.165) is 24.0 Å². The third-order valence-corrected chi connectivity index (χ3v) is 3.64. The van der Waals surface area contributed by atoms with Gasteiger partial charge in [0.2, 0.25) is 0 Å². The van der Waals surface area contributed by atoms with Crippen molar-refractivity contribution in [3.63, 3.8) is 0 Å². The molecule has 0 aromatic heterocycles. The Balaban J connectivity index is 2.16. The first-order valence-corrected chi connectivity index (χ1v) is 7.74. The van der Waals surface area contributed by atoms with E-state index in [2.05, 4.69) is 4.74 Å². The minimum atomic E-state index is -4.69. The molecule has 2 aromatic rings. The second kappa shape index (κ2) is 7.47. The Morgan fingerprint density at radius 2 is 1.54 bits per heavy atom. The van der Waals surface area contributed by atoms with Gasteiger partial charge in [-0.3, -0.25) is 0 Å². The van der Waals surface area contributed by atoms with Crippen LogP contribution >= 0.6 is 0 Å². The molecule has 0 saturated carbocycles. The fraction of sp³-hybridized carbons (Fsp3) is 0.333. The highest BCUT2D eigenvalue weighted by molar-refractivity contribution is 5.71. The van der Waals surface area contributed by atoms with Gasteiger partial charge in [0.25, 0.3) is 0 Å². The van der Waals surface area contributed by atoms with E-state index >= 15 is 0 Å². The van der Waals surface area contributed by atoms with Crippen LogP contribution in [0.5, 0.6) is 11.5 Å². The summed E-state index contributed by atoms with van der Waals surface area (Å²) in [5, 5.41) is 0. The molecular weight excluding hydrogens is 319 g/mol. The average molecular weight is 339 g/mol. The Bertz CT molecular complexity index is 665. The molecule has 0 amide bonds. The summed E-state index contributed by atoms with van der Waals surface area (Å²) in [4.78, 5) is 0. The monoisotopic (exact) mass is 339 g/mol. The number of nitrogens with two attached hydrogens (primary N) is 1. The zero-order valence-electron chi connectivity index (χ0n) is 13.6. The van der Waals surface area contributed by atoms with Gasteiger partial charge in [-0.15, -0.1) is 13.2 Å². The molecule has 0 spiro atoms. The van der Waals surface area contributed by atoms with Gasteiger partial charge >= 0.3 is 6.36 Å². The standard InChI is InChI=1S/C18H20F3NO2/c1-3-14(4-2)23-17-10-7-13(11-16(17)22)12-5-8-15(9-6-12)24-18(19,20)21/h5-11,14H,3-4,22H2,1-2H3. The summed E-state index contributed by atoms with van der Waals surface area (Å²) < 4.78 is 46.2. The van der Waals surface area contributed by atoms with E-state index < -0.39 is 6.36 Å². The van der Waals surface area contributed by atoms with Crippen molar-refractivity contribution in [2.45, 2.75) is 39.2 Å². The van der Waals surface area contributed by atoms with Gasteiger partial charge in [0, 0.05) is 0 Å². The van der Waals surface area contributed by atoms with Crippen LogP contribution in [0.25, 0.3) is 11.1 Å². The number of hydrogen-bond donors (Lipinski definition) is 1. The van der Waals surface area contributed by atoms with Crippen molar-refractivity contribution < 1.29 is 22.6 Å². The molecule has 24 heavy (non-hydrogen) atoms. The molecule has 0 heterocycles. The molecular formula is C18H20F3NO2. The fourth-order valence-electron chi connectivity index (χ4n) is 2.32. The zero-order valence-corrected chi connectivity index (χ0v) is 13.6. The number of hydrogen-bond acceptors (Lipinski definition) is 3. The van der Waals surface area contributed by atoms with E-state index in [-0.39, 0.29) is 11.9 Å². The van der Waals surface area contributed by atoms with E-state index in [0.29, 0.717) is 11.4 Å². The number of anilines is 1. The number of ether oxygens (including phenoxy) is 2. The first kappa shape index (κ1) is 18.0. The van der Waals surface area contributed by atoms with Crippen molar-refractivity contribution in [3.05, 3.63) is 42.5 Å². The highest BCUT2D eigenvalue weighted by atomic mass is 19.4. The quantitative estimate of drug-likeness (QED) is 0.717. The molecule has 2 N–H and O–H groups in total. The van der Waals surface area contributed by atoms with Gasteiger partial charge in [0.05, 0.1) is 11.8 Å². The van der Waals surface area contributed by atoms with E-state index in [1.165, 1.54) is 12.1 Å². The van der Waals surface area contributed by atoms with Crippen LogP contribution in [0.15, 0.2) is 42.5 Å². The minimum absolute atomic E-state index is 0.108. The van der Waals surface area contributed by atoms with Crippen LogP contribution < -0.4 is 15.2 Å². The Labute approximate surface area is 139 Å². The van der Waals surface area contributed by atoms with Gasteiger partial charge in [-0.25, -0.2) is 0 Å². The maximum absolute atomic E-state index is 12.2. The van der Waals surface area contributed by atoms with Crippen LogP contribution in [0.1, 0.15) is 26.7 Å². The molecule has 6 heteroatoms. The number of rotatable bonds is 6. The molecule has 0 aliphatic heterocycles. The Hall–Kier alpha value is -2.37. The van der Waals surface area contributed by atoms with E-state index in [1.807, 2.05) is 19.9 Å². The van der Waals surface area contributed by atoms with Crippen LogP contribution in [0.2, 0.25) is 0 Å². The van der Waals surface area contributed by atoms with Gasteiger partial charge < -0.3 is 15.2 Å². The summed E-state index contributed by atoms with van der Waals surface area (Å²) in [5.74, 6) is 0.359. The summed E-state index contributed by atoms with van der Waals surface area (Å²) in [6.07, 6.45) is -2.81. The van der Waals surface area contributed by atoms with Gasteiger partial charge in [-0.2, -0.15) is 0 Å². The van der Waals surface area contributed by atoms with Crippen molar-refractivity contribution in [2.24, 2.45) is 0 Å². The highest BCUT2D eigenvalue weighted by Crippen LogP contribution is 2.31. The SMILES string of the molecule is CCC(CC)Oc1ccc(-c2ccc(OC(F)(F)F)cc2)cc1N. The molecule has 0 radical (unpaired) electrons. The maximum atomic E-state index is 12.2. The Kier molecular flexibility index (Phi) is 5.59. The van der Waals surface area contributed by atoms with Gasteiger partial charge in [-0.1, -0.05) is 32.0 Å². The topological polar surface area (TPSA) is 44.5 Å². The molecule has 0 aliphatic rings. The van der Waals surface area contributed by atoms with Crippen LogP contribution in [0.3, 0.4) is 0 Å². The molecule has 0 atom stereocenters. The third kappa shape index (κ3) is 4.81. The average Bonchev–Trinajstić information content (AvgIpc) is 2.53. The normalized spacial score (nSPS) is 11.6. The van der Waals surface area contributed by atoms with Gasteiger partial charge in [-0.05, 0) is 48.2 Å². The highest BCUT2D eigenvalue weighted by Gasteiger charge is 2.30. The lowest BCUT2D eigenvalue weighted by Gasteiger charge is -2.17. The second-order valence-electron chi connectivity index (χ2n) is 5.38. The summed E-state index contributed by atoms with van der Waals surface area (Å²) >= 11 is 0. The smallest absolute Gasteiger partial charge is 0.488 e. The van der Waals surface area contributed by atoms with E-state index in [9.17, 15) is 13.2 Å². The fourth-order valence-corrected chi connectivity index (χ4v) is 2.32. The van der Waals surface area contributed by atoms with Crippen molar-refractivity contribution in [1.82, 2.24) is 0 Å². The van der Waals surface area contributed by atoms with Crippen LogP contribution in [-0.2, 0) is 0 Å². The molecule has 0 bridgehead atoms.